The predicted molar refractivity (Wildman–Crippen MR) is 86.6 cm³/mol. The Balaban J connectivity index is 1.78. The largest absolute Gasteiger partial charge is 0.306 e. The zero-order chi connectivity index (χ0) is 15.4. The number of aryl methyl sites for hydroxylation is 1. The number of hydrogen-bond acceptors (Lipinski definition) is 3. The number of carbonyl (C=O) groups excluding carboxylic acids is 1. The minimum Gasteiger partial charge on any atom is -0.306 e. The molecule has 1 N–H and O–H groups in total. The second-order valence-corrected chi connectivity index (χ2v) is 4.94. The molecule has 0 fully saturated rings. The normalized spacial score (nSPS) is 10.2. The molecule has 0 saturated heterocycles. The van der Waals surface area contributed by atoms with Crippen LogP contribution < -0.4 is 5.32 Å². The predicted octanol–water partition coefficient (Wildman–Crippen LogP) is 3.70. The minimum absolute atomic E-state index is 0.167. The fourth-order valence-corrected chi connectivity index (χ4v) is 2.14. The molecule has 0 spiro atoms. The van der Waals surface area contributed by atoms with Gasteiger partial charge >= 0.3 is 0 Å². The van der Waals surface area contributed by atoms with Crippen molar-refractivity contribution in [1.29, 1.82) is 0 Å². The molecule has 3 rings (SSSR count). The fraction of sp³-hybridized carbons (Fsp3) is 0.0556. The molecule has 3 aromatic rings. The Morgan fingerprint density at radius 1 is 0.955 bits per heavy atom. The maximum Gasteiger partial charge on any atom is 0.256 e. The molecule has 4 heteroatoms. The van der Waals surface area contributed by atoms with E-state index in [0.717, 1.165) is 16.7 Å². The topological polar surface area (TPSA) is 54.9 Å². The first kappa shape index (κ1) is 13.9. The second-order valence-electron chi connectivity index (χ2n) is 4.94. The zero-order valence-electron chi connectivity index (χ0n) is 12.2. The van der Waals surface area contributed by atoms with E-state index in [9.17, 15) is 4.79 Å². The van der Waals surface area contributed by atoms with Crippen LogP contribution in [0.4, 0.5) is 5.82 Å². The molecule has 2 heterocycles. The van der Waals surface area contributed by atoms with Gasteiger partial charge in [-0.15, -0.1) is 0 Å². The fourth-order valence-electron chi connectivity index (χ4n) is 2.14. The molecule has 0 aliphatic carbocycles. The smallest absolute Gasteiger partial charge is 0.256 e. The van der Waals surface area contributed by atoms with Gasteiger partial charge in [-0.3, -0.25) is 9.78 Å². The Morgan fingerprint density at radius 3 is 2.41 bits per heavy atom. The van der Waals surface area contributed by atoms with Crippen molar-refractivity contribution in [2.24, 2.45) is 0 Å². The Kier molecular flexibility index (Phi) is 3.92. The van der Waals surface area contributed by atoms with Crippen molar-refractivity contribution >= 4 is 11.7 Å². The molecule has 2 aromatic heterocycles. The van der Waals surface area contributed by atoms with Crippen molar-refractivity contribution in [2.45, 2.75) is 6.92 Å². The summed E-state index contributed by atoms with van der Waals surface area (Å²) in [5, 5.41) is 2.82. The standard InChI is InChI=1S/C18H15N3O/c1-13-4-2-11-20-17(13)21-18(22)15-8-6-14(7-9-15)16-5-3-10-19-12-16/h2-12H,1H3,(H,20,21,22). The molecule has 0 aliphatic heterocycles. The third-order valence-electron chi connectivity index (χ3n) is 3.38. The van der Waals surface area contributed by atoms with Gasteiger partial charge in [-0.25, -0.2) is 4.98 Å². The number of rotatable bonds is 3. The van der Waals surface area contributed by atoms with Crippen LogP contribution in [0.25, 0.3) is 11.1 Å². The van der Waals surface area contributed by atoms with E-state index in [0.29, 0.717) is 11.4 Å². The van der Waals surface area contributed by atoms with E-state index in [1.165, 1.54) is 0 Å². The summed E-state index contributed by atoms with van der Waals surface area (Å²) < 4.78 is 0. The maximum atomic E-state index is 12.3. The molecule has 0 unspecified atom stereocenters. The van der Waals surface area contributed by atoms with Crippen LogP contribution in [0.2, 0.25) is 0 Å². The van der Waals surface area contributed by atoms with Gasteiger partial charge in [0, 0.05) is 24.2 Å². The van der Waals surface area contributed by atoms with Gasteiger partial charge in [-0.1, -0.05) is 24.3 Å². The van der Waals surface area contributed by atoms with E-state index in [1.54, 1.807) is 30.7 Å². The van der Waals surface area contributed by atoms with Crippen molar-refractivity contribution in [3.63, 3.8) is 0 Å². The van der Waals surface area contributed by atoms with E-state index in [-0.39, 0.29) is 5.91 Å². The van der Waals surface area contributed by atoms with E-state index in [2.05, 4.69) is 15.3 Å². The molecule has 1 aromatic carbocycles. The third-order valence-corrected chi connectivity index (χ3v) is 3.38. The number of carbonyl (C=O) groups is 1. The van der Waals surface area contributed by atoms with Gasteiger partial charge in [-0.2, -0.15) is 0 Å². The lowest BCUT2D eigenvalue weighted by Crippen LogP contribution is -2.13. The molecule has 4 nitrogen and oxygen atoms in total. The highest BCUT2D eigenvalue weighted by atomic mass is 16.1. The monoisotopic (exact) mass is 289 g/mol. The third kappa shape index (κ3) is 3.01. The first-order valence-corrected chi connectivity index (χ1v) is 6.97. The van der Waals surface area contributed by atoms with Crippen LogP contribution in [0.3, 0.4) is 0 Å². The average molecular weight is 289 g/mol. The van der Waals surface area contributed by atoms with Crippen molar-refractivity contribution in [3.05, 3.63) is 78.2 Å². The van der Waals surface area contributed by atoms with Crippen LogP contribution >= 0.6 is 0 Å². The van der Waals surface area contributed by atoms with Crippen LogP contribution in [-0.2, 0) is 0 Å². The molecule has 0 aliphatic rings. The lowest BCUT2D eigenvalue weighted by atomic mass is 10.1. The summed E-state index contributed by atoms with van der Waals surface area (Å²) in [6.45, 7) is 1.91. The van der Waals surface area contributed by atoms with Crippen molar-refractivity contribution in [3.8, 4) is 11.1 Å². The Bertz CT molecular complexity index is 783. The molecule has 0 saturated carbocycles. The Hall–Kier alpha value is -3.01. The molecule has 1 amide bonds. The first-order chi connectivity index (χ1) is 10.7. The van der Waals surface area contributed by atoms with E-state index in [4.69, 9.17) is 0 Å². The summed E-state index contributed by atoms with van der Waals surface area (Å²) in [7, 11) is 0. The molecule has 0 atom stereocenters. The highest BCUT2D eigenvalue weighted by Crippen LogP contribution is 2.19. The van der Waals surface area contributed by atoms with Gasteiger partial charge in [0.25, 0.3) is 5.91 Å². The van der Waals surface area contributed by atoms with Crippen molar-refractivity contribution in [2.75, 3.05) is 5.32 Å². The first-order valence-electron chi connectivity index (χ1n) is 6.97. The molecular weight excluding hydrogens is 274 g/mol. The lowest BCUT2D eigenvalue weighted by Gasteiger charge is -2.07. The SMILES string of the molecule is Cc1cccnc1NC(=O)c1ccc(-c2cccnc2)cc1. The van der Waals surface area contributed by atoms with Gasteiger partial charge in [0.15, 0.2) is 0 Å². The lowest BCUT2D eigenvalue weighted by molar-refractivity contribution is 0.102. The highest BCUT2D eigenvalue weighted by molar-refractivity contribution is 6.04. The highest BCUT2D eigenvalue weighted by Gasteiger charge is 2.08. The number of hydrogen-bond donors (Lipinski definition) is 1. The van der Waals surface area contributed by atoms with Gasteiger partial charge in [0.2, 0.25) is 0 Å². The van der Waals surface area contributed by atoms with Gasteiger partial charge < -0.3 is 5.32 Å². The summed E-state index contributed by atoms with van der Waals surface area (Å²) in [4.78, 5) is 20.5. The van der Waals surface area contributed by atoms with Crippen LogP contribution in [0, 0.1) is 6.92 Å². The molecule has 22 heavy (non-hydrogen) atoms. The summed E-state index contributed by atoms with van der Waals surface area (Å²) in [6, 6.07) is 15.1. The Morgan fingerprint density at radius 2 is 1.73 bits per heavy atom. The second kappa shape index (κ2) is 6.18. The summed E-state index contributed by atoms with van der Waals surface area (Å²) in [6.07, 6.45) is 5.20. The number of nitrogens with zero attached hydrogens (tertiary/aromatic N) is 2. The van der Waals surface area contributed by atoms with Crippen molar-refractivity contribution in [1.82, 2.24) is 9.97 Å². The Labute approximate surface area is 128 Å². The number of pyridine rings is 2. The number of amides is 1. The van der Waals surface area contributed by atoms with Crippen molar-refractivity contribution < 1.29 is 4.79 Å². The summed E-state index contributed by atoms with van der Waals surface area (Å²) >= 11 is 0. The summed E-state index contributed by atoms with van der Waals surface area (Å²) in [5.41, 5.74) is 3.58. The van der Waals surface area contributed by atoms with E-state index >= 15 is 0 Å². The van der Waals surface area contributed by atoms with Crippen LogP contribution in [0.5, 0.6) is 0 Å². The van der Waals surface area contributed by atoms with Gasteiger partial charge in [-0.05, 0) is 47.9 Å². The summed E-state index contributed by atoms with van der Waals surface area (Å²) in [5.74, 6) is 0.420. The van der Waals surface area contributed by atoms with E-state index in [1.807, 2.05) is 43.3 Å². The van der Waals surface area contributed by atoms with Crippen LogP contribution in [0.15, 0.2) is 67.1 Å². The average Bonchev–Trinajstić information content (AvgIpc) is 2.58. The molecule has 0 bridgehead atoms. The molecule has 0 radical (unpaired) electrons. The minimum atomic E-state index is -0.167. The van der Waals surface area contributed by atoms with Gasteiger partial charge in [0.05, 0.1) is 0 Å². The maximum absolute atomic E-state index is 12.3. The number of nitrogens with one attached hydrogen (secondary N) is 1. The number of aromatic nitrogens is 2. The molecular formula is C18H15N3O. The van der Waals surface area contributed by atoms with E-state index < -0.39 is 0 Å². The number of benzene rings is 1. The number of anilines is 1. The molecule has 108 valence electrons. The zero-order valence-corrected chi connectivity index (χ0v) is 12.2. The quantitative estimate of drug-likeness (QED) is 0.799. The van der Waals surface area contributed by atoms with Crippen LogP contribution in [-0.4, -0.2) is 15.9 Å². The van der Waals surface area contributed by atoms with Gasteiger partial charge in [0.1, 0.15) is 5.82 Å². The van der Waals surface area contributed by atoms with Crippen LogP contribution in [0.1, 0.15) is 15.9 Å².